The molecule has 0 aromatic rings. The van der Waals surface area contributed by atoms with Crippen molar-refractivity contribution in [2.75, 3.05) is 45.9 Å². The molecule has 0 spiro atoms. The second kappa shape index (κ2) is 7.99. The Labute approximate surface area is 139 Å². The lowest BCUT2D eigenvalue weighted by atomic mass is 9.86. The predicted octanol–water partition coefficient (Wildman–Crippen LogP) is 1.08. The van der Waals surface area contributed by atoms with Crippen molar-refractivity contribution in [1.82, 2.24) is 15.1 Å². The van der Waals surface area contributed by atoms with Gasteiger partial charge in [0.15, 0.2) is 5.96 Å². The molecule has 130 valence electrons. The van der Waals surface area contributed by atoms with Crippen molar-refractivity contribution in [2.24, 2.45) is 10.9 Å². The van der Waals surface area contributed by atoms with Gasteiger partial charge in [0.25, 0.3) is 5.91 Å². The molecule has 23 heavy (non-hydrogen) atoms. The van der Waals surface area contributed by atoms with Crippen molar-refractivity contribution in [3.05, 3.63) is 0 Å². The van der Waals surface area contributed by atoms with Crippen LogP contribution in [0, 0.1) is 5.92 Å². The number of rotatable bonds is 4. The van der Waals surface area contributed by atoms with E-state index in [4.69, 9.17) is 9.73 Å². The summed E-state index contributed by atoms with van der Waals surface area (Å²) >= 11 is 0. The van der Waals surface area contributed by atoms with Gasteiger partial charge in [0, 0.05) is 45.9 Å². The number of carbonyl (C=O) groups excluding carboxylic acids is 1. The van der Waals surface area contributed by atoms with Crippen LogP contribution in [0.15, 0.2) is 4.99 Å². The van der Waals surface area contributed by atoms with Crippen LogP contribution in [0.3, 0.4) is 0 Å². The molecule has 0 aromatic heterocycles. The summed E-state index contributed by atoms with van der Waals surface area (Å²) in [4.78, 5) is 21.5. The molecule has 2 saturated heterocycles. The standard InChI is InChI=1S/C17H30N4O2/c1-2-18-17(19-13-14-5-3-6-14)21-10-8-20(9-11-21)16(22)15-7-4-12-23-15/h14-15H,2-13H2,1H3,(H,18,19). The monoisotopic (exact) mass is 322 g/mol. The molecule has 3 rings (SSSR count). The Hall–Kier alpha value is -1.30. The fourth-order valence-corrected chi connectivity index (χ4v) is 3.43. The van der Waals surface area contributed by atoms with Gasteiger partial charge in [-0.15, -0.1) is 0 Å². The average Bonchev–Trinajstić information content (AvgIpc) is 3.06. The second-order valence-electron chi connectivity index (χ2n) is 6.81. The molecule has 2 heterocycles. The number of ether oxygens (including phenoxy) is 1. The first-order valence-corrected chi connectivity index (χ1v) is 9.21. The summed E-state index contributed by atoms with van der Waals surface area (Å²) in [5, 5.41) is 3.40. The van der Waals surface area contributed by atoms with Gasteiger partial charge in [-0.1, -0.05) is 6.42 Å². The summed E-state index contributed by atoms with van der Waals surface area (Å²) in [6.45, 7) is 7.92. The lowest BCUT2D eigenvalue weighted by molar-refractivity contribution is -0.142. The molecule has 1 aliphatic carbocycles. The Bertz CT molecular complexity index is 422. The predicted molar refractivity (Wildman–Crippen MR) is 90.4 cm³/mol. The first-order valence-electron chi connectivity index (χ1n) is 9.21. The van der Waals surface area contributed by atoms with E-state index in [0.717, 1.165) is 70.6 Å². The van der Waals surface area contributed by atoms with Gasteiger partial charge in [0.1, 0.15) is 6.10 Å². The molecule has 0 aromatic carbocycles. The van der Waals surface area contributed by atoms with E-state index in [1.165, 1.54) is 19.3 Å². The molecule has 6 nitrogen and oxygen atoms in total. The number of piperazine rings is 1. The maximum atomic E-state index is 12.4. The third-order valence-corrected chi connectivity index (χ3v) is 5.15. The van der Waals surface area contributed by atoms with Gasteiger partial charge in [-0.2, -0.15) is 0 Å². The van der Waals surface area contributed by atoms with Crippen LogP contribution in [0.4, 0.5) is 0 Å². The summed E-state index contributed by atoms with van der Waals surface area (Å²) in [7, 11) is 0. The summed E-state index contributed by atoms with van der Waals surface area (Å²) in [6.07, 6.45) is 5.71. The zero-order valence-electron chi connectivity index (χ0n) is 14.3. The van der Waals surface area contributed by atoms with Crippen molar-refractivity contribution in [3.8, 4) is 0 Å². The third kappa shape index (κ3) is 4.16. The van der Waals surface area contributed by atoms with E-state index < -0.39 is 0 Å². The Morgan fingerprint density at radius 1 is 1.13 bits per heavy atom. The quantitative estimate of drug-likeness (QED) is 0.621. The van der Waals surface area contributed by atoms with Crippen LogP contribution in [0.25, 0.3) is 0 Å². The summed E-state index contributed by atoms with van der Waals surface area (Å²) in [5.41, 5.74) is 0. The van der Waals surface area contributed by atoms with Crippen LogP contribution in [0.2, 0.25) is 0 Å². The molecular weight excluding hydrogens is 292 g/mol. The third-order valence-electron chi connectivity index (χ3n) is 5.15. The SMILES string of the molecule is CCNC(=NCC1CCC1)N1CCN(C(=O)C2CCCO2)CC1. The van der Waals surface area contributed by atoms with E-state index >= 15 is 0 Å². The van der Waals surface area contributed by atoms with Gasteiger partial charge in [0.05, 0.1) is 0 Å². The molecule has 0 bridgehead atoms. The molecule has 2 aliphatic heterocycles. The van der Waals surface area contributed by atoms with Crippen LogP contribution in [-0.4, -0.2) is 73.6 Å². The van der Waals surface area contributed by atoms with Crippen molar-refractivity contribution in [3.63, 3.8) is 0 Å². The minimum atomic E-state index is -0.193. The van der Waals surface area contributed by atoms with E-state index in [1.54, 1.807) is 0 Å². The van der Waals surface area contributed by atoms with Gasteiger partial charge in [-0.05, 0) is 38.5 Å². The minimum absolute atomic E-state index is 0.179. The fourth-order valence-electron chi connectivity index (χ4n) is 3.43. The number of hydrogen-bond acceptors (Lipinski definition) is 3. The van der Waals surface area contributed by atoms with Crippen molar-refractivity contribution in [2.45, 2.75) is 45.1 Å². The molecule has 3 aliphatic rings. The molecule has 0 radical (unpaired) electrons. The van der Waals surface area contributed by atoms with Crippen LogP contribution >= 0.6 is 0 Å². The molecule has 3 fully saturated rings. The first-order chi connectivity index (χ1) is 11.3. The van der Waals surface area contributed by atoms with E-state index in [2.05, 4.69) is 17.1 Å². The van der Waals surface area contributed by atoms with Crippen molar-refractivity contribution in [1.29, 1.82) is 0 Å². The second-order valence-corrected chi connectivity index (χ2v) is 6.81. The maximum Gasteiger partial charge on any atom is 0.251 e. The average molecular weight is 322 g/mol. The zero-order valence-corrected chi connectivity index (χ0v) is 14.3. The Kier molecular flexibility index (Phi) is 5.75. The van der Waals surface area contributed by atoms with Crippen LogP contribution in [0.1, 0.15) is 39.0 Å². The smallest absolute Gasteiger partial charge is 0.251 e. The topological polar surface area (TPSA) is 57.2 Å². The van der Waals surface area contributed by atoms with E-state index in [-0.39, 0.29) is 12.0 Å². The molecule has 1 saturated carbocycles. The van der Waals surface area contributed by atoms with Gasteiger partial charge in [-0.25, -0.2) is 0 Å². The summed E-state index contributed by atoms with van der Waals surface area (Å²) in [6, 6.07) is 0. The van der Waals surface area contributed by atoms with Gasteiger partial charge in [0.2, 0.25) is 0 Å². The van der Waals surface area contributed by atoms with Gasteiger partial charge < -0.3 is 19.9 Å². The van der Waals surface area contributed by atoms with Crippen molar-refractivity contribution < 1.29 is 9.53 Å². The Morgan fingerprint density at radius 3 is 2.43 bits per heavy atom. The number of guanidine groups is 1. The van der Waals surface area contributed by atoms with Crippen LogP contribution in [0.5, 0.6) is 0 Å². The first kappa shape index (κ1) is 16.6. The highest BCUT2D eigenvalue weighted by atomic mass is 16.5. The highest BCUT2D eigenvalue weighted by Crippen LogP contribution is 2.26. The molecule has 1 amide bonds. The highest BCUT2D eigenvalue weighted by molar-refractivity contribution is 5.82. The number of hydrogen-bond donors (Lipinski definition) is 1. The zero-order chi connectivity index (χ0) is 16.1. The molecule has 1 unspecified atom stereocenters. The lowest BCUT2D eigenvalue weighted by Crippen LogP contribution is -2.55. The normalized spacial score (nSPS) is 26.3. The Balaban J connectivity index is 1.50. The Morgan fingerprint density at radius 2 is 1.87 bits per heavy atom. The summed E-state index contributed by atoms with van der Waals surface area (Å²) < 4.78 is 5.52. The molecule has 1 N–H and O–H groups in total. The van der Waals surface area contributed by atoms with E-state index in [1.807, 2.05) is 4.90 Å². The van der Waals surface area contributed by atoms with E-state index in [9.17, 15) is 4.79 Å². The number of amides is 1. The van der Waals surface area contributed by atoms with E-state index in [0.29, 0.717) is 0 Å². The minimum Gasteiger partial charge on any atom is -0.368 e. The number of nitrogens with zero attached hydrogens (tertiary/aromatic N) is 3. The van der Waals surface area contributed by atoms with Gasteiger partial charge >= 0.3 is 0 Å². The van der Waals surface area contributed by atoms with Gasteiger partial charge in [-0.3, -0.25) is 9.79 Å². The fraction of sp³-hybridized carbons (Fsp3) is 0.882. The molecule has 1 atom stereocenters. The molecule has 6 heteroatoms. The van der Waals surface area contributed by atoms with Crippen LogP contribution < -0.4 is 5.32 Å². The number of nitrogens with one attached hydrogen (secondary N) is 1. The number of carbonyl (C=O) groups is 1. The highest BCUT2D eigenvalue weighted by Gasteiger charge is 2.31. The maximum absolute atomic E-state index is 12.4. The lowest BCUT2D eigenvalue weighted by Gasteiger charge is -2.37. The van der Waals surface area contributed by atoms with Crippen molar-refractivity contribution >= 4 is 11.9 Å². The largest absolute Gasteiger partial charge is 0.368 e. The molecular formula is C17H30N4O2. The number of aliphatic imine (C=N–C) groups is 1. The summed E-state index contributed by atoms with van der Waals surface area (Å²) in [5.74, 6) is 1.98. The van der Waals surface area contributed by atoms with Crippen LogP contribution in [-0.2, 0) is 9.53 Å².